The molecule has 0 bridgehead atoms. The Hall–Kier alpha value is -3.10. The molecule has 0 saturated heterocycles. The number of esters is 1. The maximum atomic E-state index is 12.1. The zero-order valence-corrected chi connectivity index (χ0v) is 15.9. The summed E-state index contributed by atoms with van der Waals surface area (Å²) in [5.41, 5.74) is 1.19. The van der Waals surface area contributed by atoms with Crippen molar-refractivity contribution < 1.29 is 14.3 Å². The van der Waals surface area contributed by atoms with Crippen molar-refractivity contribution in [2.45, 2.75) is 19.6 Å². The molecule has 2 aromatic heterocycles. The van der Waals surface area contributed by atoms with Gasteiger partial charge >= 0.3 is 5.97 Å². The normalized spacial score (nSPS) is 12.3. The van der Waals surface area contributed by atoms with Crippen molar-refractivity contribution in [2.75, 3.05) is 6.61 Å². The van der Waals surface area contributed by atoms with Gasteiger partial charge in [0, 0.05) is 0 Å². The first-order valence-corrected chi connectivity index (χ1v) is 9.52. The second-order valence-corrected chi connectivity index (χ2v) is 7.28. The fourth-order valence-corrected chi connectivity index (χ4v) is 3.69. The number of thiazole rings is 1. The van der Waals surface area contributed by atoms with E-state index in [1.807, 2.05) is 24.3 Å². The van der Waals surface area contributed by atoms with Crippen LogP contribution in [-0.2, 0) is 20.9 Å². The summed E-state index contributed by atoms with van der Waals surface area (Å²) in [5, 5.41) is 1.28. The van der Waals surface area contributed by atoms with E-state index < -0.39 is 12.1 Å². The highest BCUT2D eigenvalue weighted by Crippen LogP contribution is 2.22. The fraction of sp³-hybridized carbons (Fsp3) is 0.200. The SMILES string of the molecule is C[C@H](OC(=O)COCc1nc2ccccc2s1)c1nc2ccccc2c(=O)[nH]1. The Morgan fingerprint density at radius 1 is 1.11 bits per heavy atom. The van der Waals surface area contributed by atoms with E-state index in [-0.39, 0.29) is 18.8 Å². The van der Waals surface area contributed by atoms with Crippen molar-refractivity contribution >= 4 is 38.4 Å². The highest BCUT2D eigenvalue weighted by molar-refractivity contribution is 7.18. The molecule has 0 unspecified atom stereocenters. The molecular weight excluding hydrogens is 378 g/mol. The number of carbonyl (C=O) groups excluding carboxylic acids is 1. The molecule has 0 fully saturated rings. The lowest BCUT2D eigenvalue weighted by Crippen LogP contribution is -2.19. The van der Waals surface area contributed by atoms with Gasteiger partial charge in [-0.05, 0) is 31.2 Å². The van der Waals surface area contributed by atoms with Crippen LogP contribution in [0.4, 0.5) is 0 Å². The minimum Gasteiger partial charge on any atom is -0.453 e. The number of nitrogens with one attached hydrogen (secondary N) is 1. The average Bonchev–Trinajstić information content (AvgIpc) is 3.10. The highest BCUT2D eigenvalue weighted by atomic mass is 32.1. The number of ether oxygens (including phenoxy) is 2. The van der Waals surface area contributed by atoms with E-state index in [1.165, 1.54) is 11.3 Å². The lowest BCUT2D eigenvalue weighted by atomic mass is 10.2. The number of aromatic amines is 1. The first-order chi connectivity index (χ1) is 13.6. The van der Waals surface area contributed by atoms with Gasteiger partial charge in [-0.1, -0.05) is 24.3 Å². The third-order valence-corrected chi connectivity index (χ3v) is 5.12. The molecule has 1 N–H and O–H groups in total. The molecule has 2 aromatic carbocycles. The van der Waals surface area contributed by atoms with Crippen LogP contribution in [0.3, 0.4) is 0 Å². The van der Waals surface area contributed by atoms with Crippen molar-refractivity contribution in [3.63, 3.8) is 0 Å². The van der Waals surface area contributed by atoms with Gasteiger partial charge in [0.05, 0.1) is 27.7 Å². The van der Waals surface area contributed by atoms with Crippen LogP contribution >= 0.6 is 11.3 Å². The van der Waals surface area contributed by atoms with Crippen LogP contribution in [0.5, 0.6) is 0 Å². The molecule has 0 aliphatic carbocycles. The lowest BCUT2D eigenvalue weighted by molar-refractivity contribution is -0.154. The Bertz CT molecular complexity index is 1170. The number of carbonyl (C=O) groups is 1. The average molecular weight is 395 g/mol. The minimum atomic E-state index is -0.698. The van der Waals surface area contributed by atoms with Crippen molar-refractivity contribution in [1.29, 1.82) is 0 Å². The number of para-hydroxylation sites is 2. The summed E-state index contributed by atoms with van der Waals surface area (Å²) in [5.74, 6) is -0.243. The van der Waals surface area contributed by atoms with E-state index in [0.717, 1.165) is 15.2 Å². The first-order valence-electron chi connectivity index (χ1n) is 8.71. The Kier molecular flexibility index (Phi) is 5.14. The quantitative estimate of drug-likeness (QED) is 0.503. The molecule has 0 spiro atoms. The molecule has 28 heavy (non-hydrogen) atoms. The number of H-pyrrole nitrogens is 1. The molecule has 7 nitrogen and oxygen atoms in total. The Balaban J connectivity index is 1.35. The number of aromatic nitrogens is 3. The van der Waals surface area contributed by atoms with E-state index in [1.54, 1.807) is 31.2 Å². The summed E-state index contributed by atoms with van der Waals surface area (Å²) in [4.78, 5) is 35.6. The maximum absolute atomic E-state index is 12.1. The first kappa shape index (κ1) is 18.3. The van der Waals surface area contributed by atoms with E-state index in [2.05, 4.69) is 15.0 Å². The number of rotatable bonds is 6. The van der Waals surface area contributed by atoms with Gasteiger partial charge in [0.25, 0.3) is 5.56 Å². The van der Waals surface area contributed by atoms with E-state index in [9.17, 15) is 9.59 Å². The van der Waals surface area contributed by atoms with Crippen LogP contribution in [0.25, 0.3) is 21.1 Å². The van der Waals surface area contributed by atoms with Gasteiger partial charge in [-0.15, -0.1) is 11.3 Å². The van der Waals surface area contributed by atoms with E-state index in [4.69, 9.17) is 9.47 Å². The molecule has 4 rings (SSSR count). The number of benzene rings is 2. The fourth-order valence-electron chi connectivity index (χ4n) is 2.79. The Morgan fingerprint density at radius 2 is 1.86 bits per heavy atom. The van der Waals surface area contributed by atoms with E-state index >= 15 is 0 Å². The van der Waals surface area contributed by atoms with Crippen molar-refractivity contribution in [3.05, 3.63) is 69.7 Å². The molecule has 0 amide bonds. The lowest BCUT2D eigenvalue weighted by Gasteiger charge is -2.13. The Labute approximate surface area is 164 Å². The van der Waals surface area contributed by atoms with Crippen LogP contribution in [0.15, 0.2) is 53.3 Å². The molecule has 1 atom stereocenters. The van der Waals surface area contributed by atoms with Crippen molar-refractivity contribution in [1.82, 2.24) is 15.0 Å². The van der Waals surface area contributed by atoms with Crippen molar-refractivity contribution in [2.24, 2.45) is 0 Å². The smallest absolute Gasteiger partial charge is 0.332 e. The molecule has 8 heteroatoms. The second-order valence-electron chi connectivity index (χ2n) is 6.17. The molecule has 0 radical (unpaired) electrons. The predicted molar refractivity (Wildman–Crippen MR) is 106 cm³/mol. The zero-order valence-electron chi connectivity index (χ0n) is 15.0. The van der Waals surface area contributed by atoms with Gasteiger partial charge in [-0.2, -0.15) is 0 Å². The van der Waals surface area contributed by atoms with Gasteiger partial charge in [0.1, 0.15) is 11.6 Å². The third-order valence-electron chi connectivity index (χ3n) is 4.11. The van der Waals surface area contributed by atoms with Crippen LogP contribution in [0.1, 0.15) is 23.9 Å². The van der Waals surface area contributed by atoms with Crippen LogP contribution in [0.2, 0.25) is 0 Å². The third kappa shape index (κ3) is 3.92. The summed E-state index contributed by atoms with van der Waals surface area (Å²) >= 11 is 1.52. The Morgan fingerprint density at radius 3 is 2.68 bits per heavy atom. The largest absolute Gasteiger partial charge is 0.453 e. The van der Waals surface area contributed by atoms with Crippen LogP contribution < -0.4 is 5.56 Å². The van der Waals surface area contributed by atoms with Crippen LogP contribution in [-0.4, -0.2) is 27.5 Å². The van der Waals surface area contributed by atoms with Gasteiger partial charge < -0.3 is 14.5 Å². The number of hydrogen-bond donors (Lipinski definition) is 1. The summed E-state index contributed by atoms with van der Waals surface area (Å²) in [6.45, 7) is 1.67. The summed E-state index contributed by atoms with van der Waals surface area (Å²) in [6, 6.07) is 14.8. The number of fused-ring (bicyclic) bond motifs is 2. The zero-order chi connectivity index (χ0) is 19.5. The summed E-state index contributed by atoms with van der Waals surface area (Å²) in [7, 11) is 0. The molecule has 4 aromatic rings. The molecule has 142 valence electrons. The monoisotopic (exact) mass is 395 g/mol. The summed E-state index contributed by atoms with van der Waals surface area (Å²) < 4.78 is 11.8. The number of nitrogens with zero attached hydrogens (tertiary/aromatic N) is 2. The van der Waals surface area contributed by atoms with Gasteiger partial charge in [-0.25, -0.2) is 14.8 Å². The summed E-state index contributed by atoms with van der Waals surface area (Å²) in [6.07, 6.45) is -0.698. The maximum Gasteiger partial charge on any atom is 0.332 e. The van der Waals surface area contributed by atoms with Gasteiger partial charge in [0.2, 0.25) is 0 Å². The highest BCUT2D eigenvalue weighted by Gasteiger charge is 2.16. The molecule has 0 aliphatic rings. The minimum absolute atomic E-state index is 0.210. The van der Waals surface area contributed by atoms with Crippen LogP contribution in [0, 0.1) is 0 Å². The standard InChI is InChI=1S/C20H17N3O4S/c1-12(19-22-14-7-3-2-6-13(14)20(25)23-19)27-18(24)11-26-10-17-21-15-8-4-5-9-16(15)28-17/h2-9,12H,10-11H2,1H3,(H,22,23,25)/t12-/m0/s1. The van der Waals surface area contributed by atoms with E-state index in [0.29, 0.717) is 16.7 Å². The molecule has 0 saturated carbocycles. The molecule has 0 aliphatic heterocycles. The molecule has 2 heterocycles. The van der Waals surface area contributed by atoms with Crippen molar-refractivity contribution in [3.8, 4) is 0 Å². The van der Waals surface area contributed by atoms with Gasteiger partial charge in [0.15, 0.2) is 11.9 Å². The molecular formula is C20H17N3O4S. The number of hydrogen-bond acceptors (Lipinski definition) is 7. The second kappa shape index (κ2) is 7.87. The topological polar surface area (TPSA) is 94.2 Å². The van der Waals surface area contributed by atoms with Gasteiger partial charge in [-0.3, -0.25) is 4.79 Å². The predicted octanol–water partition coefficient (Wildman–Crippen LogP) is 3.35.